The molecule has 6 nitrogen and oxygen atoms in total. The number of nitrogens with one attached hydrogen (secondary N) is 1. The predicted octanol–water partition coefficient (Wildman–Crippen LogP) is 1.57. The number of carbonyl (C=O) groups is 1. The van der Waals surface area contributed by atoms with E-state index in [9.17, 15) is 4.79 Å². The topological polar surface area (TPSA) is 86.5 Å². The van der Waals surface area contributed by atoms with Crippen LogP contribution in [0.5, 0.6) is 0 Å². The van der Waals surface area contributed by atoms with E-state index in [4.69, 9.17) is 15.2 Å². The van der Waals surface area contributed by atoms with Crippen molar-refractivity contribution in [2.24, 2.45) is 11.7 Å². The number of aromatic nitrogens is 1. The summed E-state index contributed by atoms with van der Waals surface area (Å²) in [5, 5.41) is 3.32. The van der Waals surface area contributed by atoms with Crippen LogP contribution in [0.15, 0.2) is 18.3 Å². The molecule has 1 amide bonds. The Bertz CT molecular complexity index is 519. The first-order valence-corrected chi connectivity index (χ1v) is 7.94. The highest BCUT2D eigenvalue weighted by molar-refractivity contribution is 5.97. The minimum Gasteiger partial charge on any atom is -0.379 e. The Morgan fingerprint density at radius 2 is 2.32 bits per heavy atom. The summed E-state index contributed by atoms with van der Waals surface area (Å²) in [6.45, 7) is 2.04. The van der Waals surface area contributed by atoms with E-state index in [2.05, 4.69) is 10.3 Å². The van der Waals surface area contributed by atoms with Gasteiger partial charge in [0, 0.05) is 19.4 Å². The van der Waals surface area contributed by atoms with Crippen molar-refractivity contribution < 1.29 is 14.3 Å². The van der Waals surface area contributed by atoms with E-state index in [1.807, 2.05) is 0 Å². The molecule has 120 valence electrons. The number of carbonyl (C=O) groups excluding carboxylic acids is 1. The van der Waals surface area contributed by atoms with E-state index in [-0.39, 0.29) is 12.1 Å². The van der Waals surface area contributed by atoms with Crippen molar-refractivity contribution in [3.8, 4) is 0 Å². The maximum atomic E-state index is 11.5. The third kappa shape index (κ3) is 3.56. The van der Waals surface area contributed by atoms with Crippen LogP contribution < -0.4 is 11.1 Å². The normalized spacial score (nSPS) is 25.5. The van der Waals surface area contributed by atoms with Gasteiger partial charge in [-0.1, -0.05) is 6.42 Å². The van der Waals surface area contributed by atoms with Gasteiger partial charge in [0.2, 0.25) is 0 Å². The molecule has 0 spiro atoms. The van der Waals surface area contributed by atoms with Crippen LogP contribution in [0, 0.1) is 5.92 Å². The van der Waals surface area contributed by atoms with E-state index in [0.717, 1.165) is 13.0 Å². The second kappa shape index (κ2) is 7.07. The lowest BCUT2D eigenvalue weighted by molar-refractivity contribution is -0.0730. The summed E-state index contributed by atoms with van der Waals surface area (Å²) in [5.41, 5.74) is 5.81. The maximum Gasteiger partial charge on any atom is 0.252 e. The third-order valence-corrected chi connectivity index (χ3v) is 4.47. The van der Waals surface area contributed by atoms with Crippen LogP contribution in [0.2, 0.25) is 0 Å². The maximum absolute atomic E-state index is 11.5. The number of hydrogen-bond acceptors (Lipinski definition) is 5. The molecule has 1 aromatic rings. The SMILES string of the molecule is NC(=O)c1cccnc1N[C@@H]1CCOC[C@H]1OCC1CCC1. The van der Waals surface area contributed by atoms with Crippen LogP contribution in [0.1, 0.15) is 36.0 Å². The number of hydrogen-bond donors (Lipinski definition) is 2. The Morgan fingerprint density at radius 1 is 1.45 bits per heavy atom. The van der Waals surface area contributed by atoms with Gasteiger partial charge in [-0.2, -0.15) is 0 Å². The predicted molar refractivity (Wildman–Crippen MR) is 82.7 cm³/mol. The fourth-order valence-corrected chi connectivity index (χ4v) is 2.86. The smallest absolute Gasteiger partial charge is 0.252 e. The molecule has 1 aliphatic heterocycles. The summed E-state index contributed by atoms with van der Waals surface area (Å²) in [7, 11) is 0. The number of nitrogens with two attached hydrogens (primary N) is 1. The van der Waals surface area contributed by atoms with Crippen molar-refractivity contribution in [3.05, 3.63) is 23.9 Å². The van der Waals surface area contributed by atoms with Crippen molar-refractivity contribution in [2.75, 3.05) is 25.1 Å². The molecule has 22 heavy (non-hydrogen) atoms. The number of ether oxygens (including phenoxy) is 2. The van der Waals surface area contributed by atoms with Crippen LogP contribution >= 0.6 is 0 Å². The molecule has 1 aliphatic carbocycles. The van der Waals surface area contributed by atoms with Crippen LogP contribution in [0.25, 0.3) is 0 Å². The lowest BCUT2D eigenvalue weighted by Crippen LogP contribution is -2.45. The monoisotopic (exact) mass is 305 g/mol. The molecular formula is C16H23N3O3. The average molecular weight is 305 g/mol. The summed E-state index contributed by atoms with van der Waals surface area (Å²) in [6.07, 6.45) is 6.29. The van der Waals surface area contributed by atoms with Gasteiger partial charge in [0.15, 0.2) is 0 Å². The third-order valence-electron chi connectivity index (χ3n) is 4.47. The van der Waals surface area contributed by atoms with Gasteiger partial charge in [0.25, 0.3) is 5.91 Å². The highest BCUT2D eigenvalue weighted by Crippen LogP contribution is 2.28. The van der Waals surface area contributed by atoms with Crippen LogP contribution in [0.3, 0.4) is 0 Å². The molecule has 2 fully saturated rings. The number of pyridine rings is 1. The Kier molecular flexibility index (Phi) is 4.90. The van der Waals surface area contributed by atoms with Gasteiger partial charge in [0.05, 0.1) is 18.2 Å². The lowest BCUT2D eigenvalue weighted by atomic mass is 9.86. The zero-order chi connectivity index (χ0) is 15.4. The molecule has 3 rings (SSSR count). The summed E-state index contributed by atoms with van der Waals surface area (Å²) < 4.78 is 11.6. The van der Waals surface area contributed by atoms with E-state index in [1.165, 1.54) is 19.3 Å². The Balaban J connectivity index is 1.64. The van der Waals surface area contributed by atoms with Crippen LogP contribution in [-0.2, 0) is 9.47 Å². The van der Waals surface area contributed by atoms with Crippen molar-refractivity contribution in [1.82, 2.24) is 4.98 Å². The first kappa shape index (κ1) is 15.2. The summed E-state index contributed by atoms with van der Waals surface area (Å²) in [6, 6.07) is 3.47. The molecule has 0 unspecified atom stereocenters. The van der Waals surface area contributed by atoms with Crippen LogP contribution in [0.4, 0.5) is 5.82 Å². The molecule has 2 atom stereocenters. The van der Waals surface area contributed by atoms with E-state index in [1.54, 1.807) is 18.3 Å². The molecule has 0 aromatic carbocycles. The molecule has 1 aromatic heterocycles. The largest absolute Gasteiger partial charge is 0.379 e. The fraction of sp³-hybridized carbons (Fsp3) is 0.625. The minimum absolute atomic E-state index is 0.0166. The summed E-state index contributed by atoms with van der Waals surface area (Å²) in [4.78, 5) is 15.7. The average Bonchev–Trinajstić information content (AvgIpc) is 2.48. The molecule has 2 aliphatic rings. The van der Waals surface area contributed by atoms with Gasteiger partial charge < -0.3 is 20.5 Å². The lowest BCUT2D eigenvalue weighted by Gasteiger charge is -2.35. The Labute approximate surface area is 130 Å². The van der Waals surface area contributed by atoms with Gasteiger partial charge in [-0.25, -0.2) is 4.98 Å². The highest BCUT2D eigenvalue weighted by atomic mass is 16.5. The minimum atomic E-state index is -0.477. The molecule has 6 heteroatoms. The number of primary amides is 1. The number of anilines is 1. The van der Waals surface area contributed by atoms with Crippen LogP contribution in [-0.4, -0.2) is 42.9 Å². The molecule has 3 N–H and O–H groups in total. The molecule has 0 bridgehead atoms. The van der Waals surface area contributed by atoms with Crippen molar-refractivity contribution in [1.29, 1.82) is 0 Å². The summed E-state index contributed by atoms with van der Waals surface area (Å²) >= 11 is 0. The second-order valence-electron chi connectivity index (χ2n) is 6.05. The number of nitrogens with zero attached hydrogens (tertiary/aromatic N) is 1. The van der Waals surface area contributed by atoms with Gasteiger partial charge in [-0.05, 0) is 37.3 Å². The zero-order valence-corrected chi connectivity index (χ0v) is 12.7. The first-order chi connectivity index (χ1) is 10.7. The van der Waals surface area contributed by atoms with E-state index >= 15 is 0 Å². The molecule has 1 saturated carbocycles. The quantitative estimate of drug-likeness (QED) is 0.833. The van der Waals surface area contributed by atoms with Gasteiger partial charge >= 0.3 is 0 Å². The molecule has 0 radical (unpaired) electrons. The number of rotatable bonds is 6. The van der Waals surface area contributed by atoms with E-state index in [0.29, 0.717) is 30.5 Å². The van der Waals surface area contributed by atoms with Gasteiger partial charge in [-0.15, -0.1) is 0 Å². The van der Waals surface area contributed by atoms with E-state index < -0.39 is 5.91 Å². The van der Waals surface area contributed by atoms with Crippen molar-refractivity contribution >= 4 is 11.7 Å². The van der Waals surface area contributed by atoms with Crippen molar-refractivity contribution in [3.63, 3.8) is 0 Å². The highest BCUT2D eigenvalue weighted by Gasteiger charge is 2.29. The van der Waals surface area contributed by atoms with Crippen molar-refractivity contribution in [2.45, 2.75) is 37.8 Å². The van der Waals surface area contributed by atoms with Gasteiger partial charge in [0.1, 0.15) is 11.9 Å². The Hall–Kier alpha value is -1.66. The summed E-state index contributed by atoms with van der Waals surface area (Å²) in [5.74, 6) is 0.743. The Morgan fingerprint density at radius 3 is 3.05 bits per heavy atom. The zero-order valence-electron chi connectivity index (χ0n) is 12.7. The fourth-order valence-electron chi connectivity index (χ4n) is 2.86. The molecule has 1 saturated heterocycles. The molecule has 2 heterocycles. The first-order valence-electron chi connectivity index (χ1n) is 7.94. The second-order valence-corrected chi connectivity index (χ2v) is 6.05. The standard InChI is InChI=1S/C16H23N3O3/c17-15(20)12-5-2-7-18-16(12)19-13-6-8-21-10-14(13)22-9-11-3-1-4-11/h2,5,7,11,13-14H,1,3-4,6,8-10H2,(H2,17,20)(H,18,19)/t13-,14-/m1/s1. The number of amides is 1. The molecular weight excluding hydrogens is 282 g/mol. The van der Waals surface area contributed by atoms with Gasteiger partial charge in [-0.3, -0.25) is 4.79 Å².